The summed E-state index contributed by atoms with van der Waals surface area (Å²) < 4.78 is 0. The van der Waals surface area contributed by atoms with E-state index in [1.54, 1.807) is 11.8 Å². The highest BCUT2D eigenvalue weighted by Gasteiger charge is 2.19. The molecule has 0 heterocycles. The van der Waals surface area contributed by atoms with Gasteiger partial charge in [-0.05, 0) is 24.8 Å². The Morgan fingerprint density at radius 1 is 1.23 bits per heavy atom. The van der Waals surface area contributed by atoms with E-state index < -0.39 is 0 Å². The Kier molecular flexibility index (Phi) is 10.6. The number of benzene rings is 1. The molecule has 1 aromatic rings. The number of rotatable bonds is 8. The molecule has 1 amide bonds. The predicted molar refractivity (Wildman–Crippen MR) is 99.5 cm³/mol. The second kappa shape index (κ2) is 10.9. The molecule has 3 nitrogen and oxygen atoms in total. The molecular formula is C17H29ClN2OS. The van der Waals surface area contributed by atoms with Crippen LogP contribution in [0, 0.1) is 5.92 Å². The second-order valence-corrected chi connectivity index (χ2v) is 7.22. The maximum atomic E-state index is 12.3. The van der Waals surface area contributed by atoms with Crippen molar-refractivity contribution < 1.29 is 4.79 Å². The number of carbonyl (C=O) groups is 1. The lowest BCUT2D eigenvalue weighted by Crippen LogP contribution is -2.37. The van der Waals surface area contributed by atoms with Gasteiger partial charge in [0, 0.05) is 25.4 Å². The van der Waals surface area contributed by atoms with Crippen LogP contribution in [0.2, 0.25) is 0 Å². The minimum atomic E-state index is -0.0227. The predicted octanol–water partition coefficient (Wildman–Crippen LogP) is 3.56. The van der Waals surface area contributed by atoms with Crippen LogP contribution in [0.15, 0.2) is 30.3 Å². The minimum Gasteiger partial charge on any atom is -0.345 e. The van der Waals surface area contributed by atoms with Crippen molar-refractivity contribution in [2.24, 2.45) is 11.7 Å². The van der Waals surface area contributed by atoms with E-state index in [9.17, 15) is 4.79 Å². The Morgan fingerprint density at radius 3 is 2.36 bits per heavy atom. The van der Waals surface area contributed by atoms with Gasteiger partial charge < -0.3 is 10.6 Å². The molecule has 0 aromatic heterocycles. The lowest BCUT2D eigenvalue weighted by atomic mass is 10.0. The Hall–Kier alpha value is -0.710. The summed E-state index contributed by atoms with van der Waals surface area (Å²) >= 11 is 1.68. The molecule has 0 radical (unpaired) electrons. The molecule has 0 aliphatic heterocycles. The van der Waals surface area contributed by atoms with Gasteiger partial charge in [0.05, 0.1) is 5.25 Å². The van der Waals surface area contributed by atoms with Gasteiger partial charge in [-0.1, -0.05) is 44.2 Å². The van der Waals surface area contributed by atoms with Gasteiger partial charge in [0.15, 0.2) is 0 Å². The molecule has 0 spiro atoms. The average Bonchev–Trinajstić information content (AvgIpc) is 2.49. The summed E-state index contributed by atoms with van der Waals surface area (Å²) in [4.78, 5) is 14.1. The fourth-order valence-electron chi connectivity index (χ4n) is 1.96. The van der Waals surface area contributed by atoms with Crippen LogP contribution < -0.4 is 5.73 Å². The maximum absolute atomic E-state index is 12.3. The van der Waals surface area contributed by atoms with Crippen molar-refractivity contribution in [2.45, 2.75) is 44.2 Å². The van der Waals surface area contributed by atoms with E-state index in [-0.39, 0.29) is 29.6 Å². The van der Waals surface area contributed by atoms with E-state index in [1.165, 1.54) is 5.56 Å². The zero-order valence-electron chi connectivity index (χ0n) is 14.0. The third kappa shape index (κ3) is 7.52. The standard InChI is InChI=1S/C17H28N2OS.ClH/c1-13(2)16(18)10-11-19(4)17(20)14(3)21-12-15-8-6-5-7-9-15;/h5-9,13-14,16H,10-12,18H2,1-4H3;1H. The molecular weight excluding hydrogens is 316 g/mol. The summed E-state index contributed by atoms with van der Waals surface area (Å²) in [5, 5.41) is -0.0227. The molecule has 0 saturated carbocycles. The SMILES string of the molecule is CC(SCc1ccccc1)C(=O)N(C)CCC(N)C(C)C.Cl. The van der Waals surface area contributed by atoms with Gasteiger partial charge in [0.1, 0.15) is 0 Å². The highest BCUT2D eigenvalue weighted by atomic mass is 35.5. The van der Waals surface area contributed by atoms with Crippen LogP contribution in [0.25, 0.3) is 0 Å². The molecule has 2 N–H and O–H groups in total. The molecule has 0 aliphatic rings. The molecule has 0 bridgehead atoms. The fraction of sp³-hybridized carbons (Fsp3) is 0.588. The Labute approximate surface area is 145 Å². The number of thioether (sulfide) groups is 1. The van der Waals surface area contributed by atoms with Crippen molar-refractivity contribution in [1.29, 1.82) is 0 Å². The minimum absolute atomic E-state index is 0. The highest BCUT2D eigenvalue weighted by molar-refractivity contribution is 7.99. The van der Waals surface area contributed by atoms with E-state index in [4.69, 9.17) is 5.73 Å². The van der Waals surface area contributed by atoms with Gasteiger partial charge >= 0.3 is 0 Å². The van der Waals surface area contributed by atoms with Crippen LogP contribution in [0.3, 0.4) is 0 Å². The van der Waals surface area contributed by atoms with Crippen LogP contribution in [-0.4, -0.2) is 35.7 Å². The molecule has 2 atom stereocenters. The van der Waals surface area contributed by atoms with Crippen LogP contribution in [0.5, 0.6) is 0 Å². The van der Waals surface area contributed by atoms with Crippen molar-refractivity contribution >= 4 is 30.1 Å². The van der Waals surface area contributed by atoms with E-state index in [1.807, 2.05) is 37.1 Å². The third-order valence-electron chi connectivity index (χ3n) is 3.72. The summed E-state index contributed by atoms with van der Waals surface area (Å²) in [5.41, 5.74) is 7.29. The van der Waals surface area contributed by atoms with Crippen LogP contribution >= 0.6 is 24.2 Å². The van der Waals surface area contributed by atoms with Gasteiger partial charge in [-0.3, -0.25) is 4.79 Å². The van der Waals surface area contributed by atoms with E-state index in [0.717, 1.165) is 18.7 Å². The molecule has 126 valence electrons. The van der Waals surface area contributed by atoms with Crippen molar-refractivity contribution in [1.82, 2.24) is 4.90 Å². The lowest BCUT2D eigenvalue weighted by Gasteiger charge is -2.24. The van der Waals surface area contributed by atoms with Gasteiger partial charge in [-0.25, -0.2) is 0 Å². The molecule has 1 aromatic carbocycles. The quantitative estimate of drug-likeness (QED) is 0.784. The molecule has 1 rings (SSSR count). The number of carbonyl (C=O) groups excluding carboxylic acids is 1. The van der Waals surface area contributed by atoms with Gasteiger partial charge in [0.2, 0.25) is 5.91 Å². The van der Waals surface area contributed by atoms with Gasteiger partial charge in [-0.15, -0.1) is 24.2 Å². The summed E-state index contributed by atoms with van der Waals surface area (Å²) in [7, 11) is 1.87. The first-order valence-corrected chi connectivity index (χ1v) is 8.62. The first-order chi connectivity index (χ1) is 9.91. The normalized spacial score (nSPS) is 13.4. The average molecular weight is 345 g/mol. The first kappa shape index (κ1) is 21.3. The van der Waals surface area contributed by atoms with Gasteiger partial charge in [0.25, 0.3) is 0 Å². The smallest absolute Gasteiger partial charge is 0.235 e. The largest absolute Gasteiger partial charge is 0.345 e. The van der Waals surface area contributed by atoms with Crippen molar-refractivity contribution in [3.8, 4) is 0 Å². The zero-order valence-corrected chi connectivity index (χ0v) is 15.6. The molecule has 0 aliphatic carbocycles. The number of nitrogens with two attached hydrogens (primary N) is 1. The highest BCUT2D eigenvalue weighted by Crippen LogP contribution is 2.19. The Bertz CT molecular complexity index is 428. The molecule has 0 saturated heterocycles. The lowest BCUT2D eigenvalue weighted by molar-refractivity contribution is -0.129. The zero-order chi connectivity index (χ0) is 15.8. The van der Waals surface area contributed by atoms with Crippen LogP contribution in [0.1, 0.15) is 32.8 Å². The number of halogens is 1. The number of amides is 1. The van der Waals surface area contributed by atoms with E-state index in [0.29, 0.717) is 5.92 Å². The first-order valence-electron chi connectivity index (χ1n) is 7.58. The fourth-order valence-corrected chi connectivity index (χ4v) is 2.92. The van der Waals surface area contributed by atoms with E-state index >= 15 is 0 Å². The third-order valence-corrected chi connectivity index (χ3v) is 4.92. The van der Waals surface area contributed by atoms with E-state index in [2.05, 4.69) is 26.0 Å². The van der Waals surface area contributed by atoms with Crippen molar-refractivity contribution in [2.75, 3.05) is 13.6 Å². The second-order valence-electron chi connectivity index (χ2n) is 5.90. The number of hydrogen-bond donors (Lipinski definition) is 1. The summed E-state index contributed by atoms with van der Waals surface area (Å²) in [5.74, 6) is 1.51. The Morgan fingerprint density at radius 2 is 1.82 bits per heavy atom. The monoisotopic (exact) mass is 344 g/mol. The molecule has 0 fully saturated rings. The molecule has 22 heavy (non-hydrogen) atoms. The van der Waals surface area contributed by atoms with Crippen molar-refractivity contribution in [3.05, 3.63) is 35.9 Å². The maximum Gasteiger partial charge on any atom is 0.235 e. The van der Waals surface area contributed by atoms with Crippen LogP contribution in [0.4, 0.5) is 0 Å². The topological polar surface area (TPSA) is 46.3 Å². The van der Waals surface area contributed by atoms with Crippen LogP contribution in [-0.2, 0) is 10.5 Å². The Balaban J connectivity index is 0.00000441. The molecule has 5 heteroatoms. The van der Waals surface area contributed by atoms with Gasteiger partial charge in [-0.2, -0.15) is 0 Å². The summed E-state index contributed by atoms with van der Waals surface area (Å²) in [6, 6.07) is 10.4. The summed E-state index contributed by atoms with van der Waals surface area (Å²) in [6.45, 7) is 6.94. The number of nitrogens with zero attached hydrogens (tertiary/aromatic N) is 1. The van der Waals surface area contributed by atoms with Crippen molar-refractivity contribution in [3.63, 3.8) is 0 Å². The molecule has 2 unspecified atom stereocenters. The number of hydrogen-bond acceptors (Lipinski definition) is 3. The summed E-state index contributed by atoms with van der Waals surface area (Å²) in [6.07, 6.45) is 0.857.